The van der Waals surface area contributed by atoms with Crippen molar-refractivity contribution < 1.29 is 0 Å². The smallest absolute Gasteiger partial charge is 0.0631 e. The number of hydrogen-bond acceptors (Lipinski definition) is 1. The van der Waals surface area contributed by atoms with Crippen molar-refractivity contribution in [2.45, 2.75) is 52.0 Å². The summed E-state index contributed by atoms with van der Waals surface area (Å²) < 4.78 is 3.31. The first-order valence-electron chi connectivity index (χ1n) is 7.38. The highest BCUT2D eigenvalue weighted by Crippen LogP contribution is 2.37. The van der Waals surface area contributed by atoms with Gasteiger partial charge in [0.2, 0.25) is 0 Å². The van der Waals surface area contributed by atoms with E-state index < -0.39 is 0 Å². The molecule has 1 saturated carbocycles. The Balaban J connectivity index is 2.04. The first-order valence-corrected chi connectivity index (χ1v) is 9.76. The Labute approximate surface area is 147 Å². The molecule has 1 aliphatic rings. The largest absolute Gasteiger partial charge is 0.380 e. The van der Waals surface area contributed by atoms with Crippen LogP contribution in [-0.4, -0.2) is 6.04 Å². The summed E-state index contributed by atoms with van der Waals surface area (Å²) in [4.78, 5) is 0. The molecule has 0 heterocycles. The topological polar surface area (TPSA) is 12.0 Å². The molecule has 1 aromatic carbocycles. The third-order valence-electron chi connectivity index (χ3n) is 4.31. The maximum Gasteiger partial charge on any atom is 0.0631 e. The predicted octanol–water partition coefficient (Wildman–Crippen LogP) is 6.99. The molecule has 1 N–H and O–H groups in total. The molecule has 1 aromatic rings. The molecule has 112 valence electrons. The zero-order valence-electron chi connectivity index (χ0n) is 12.1. The average molecular weight is 468 g/mol. The maximum atomic E-state index is 3.73. The van der Waals surface area contributed by atoms with E-state index in [4.69, 9.17) is 0 Å². The summed E-state index contributed by atoms with van der Waals surface area (Å²) >= 11 is 10.8. The van der Waals surface area contributed by atoms with Gasteiger partial charge in [-0.1, -0.05) is 42.6 Å². The molecule has 1 nitrogen and oxygen atoms in total. The monoisotopic (exact) mass is 465 g/mol. The zero-order chi connectivity index (χ0) is 14.7. The minimum absolute atomic E-state index is 0.590. The van der Waals surface area contributed by atoms with E-state index in [2.05, 4.69) is 79.1 Å². The van der Waals surface area contributed by atoms with E-state index in [1.54, 1.807) is 0 Å². The van der Waals surface area contributed by atoms with Crippen LogP contribution in [0.1, 0.15) is 46.0 Å². The van der Waals surface area contributed by atoms with Gasteiger partial charge in [0.15, 0.2) is 0 Å². The van der Waals surface area contributed by atoms with Crippen LogP contribution < -0.4 is 5.32 Å². The lowest BCUT2D eigenvalue weighted by molar-refractivity contribution is 0.341. The Morgan fingerprint density at radius 1 is 1.00 bits per heavy atom. The van der Waals surface area contributed by atoms with Crippen molar-refractivity contribution in [3.63, 3.8) is 0 Å². The molecule has 0 aliphatic heterocycles. The molecule has 0 radical (unpaired) electrons. The van der Waals surface area contributed by atoms with Crippen molar-refractivity contribution in [1.29, 1.82) is 0 Å². The number of anilines is 1. The van der Waals surface area contributed by atoms with Crippen LogP contribution in [0.25, 0.3) is 0 Å². The van der Waals surface area contributed by atoms with Crippen LogP contribution in [0, 0.1) is 11.8 Å². The van der Waals surface area contributed by atoms with Crippen molar-refractivity contribution in [3.8, 4) is 0 Å². The molecule has 2 unspecified atom stereocenters. The van der Waals surface area contributed by atoms with E-state index in [-0.39, 0.29) is 0 Å². The summed E-state index contributed by atoms with van der Waals surface area (Å²) in [5, 5.41) is 3.73. The molecule has 1 fully saturated rings. The first-order chi connectivity index (χ1) is 9.47. The Morgan fingerprint density at radius 2 is 1.65 bits per heavy atom. The van der Waals surface area contributed by atoms with Crippen molar-refractivity contribution in [2.75, 3.05) is 5.32 Å². The molecule has 0 aromatic heterocycles. The lowest BCUT2D eigenvalue weighted by Crippen LogP contribution is -2.19. The molecule has 0 bridgehead atoms. The second kappa shape index (κ2) is 7.64. The molecular weight excluding hydrogens is 446 g/mol. The fourth-order valence-corrected chi connectivity index (χ4v) is 5.51. The number of halogens is 3. The Morgan fingerprint density at radius 3 is 2.25 bits per heavy atom. The van der Waals surface area contributed by atoms with Crippen molar-refractivity contribution in [1.82, 2.24) is 0 Å². The predicted molar refractivity (Wildman–Crippen MR) is 98.4 cm³/mol. The molecule has 0 saturated heterocycles. The second-order valence-corrected chi connectivity index (χ2v) is 8.72. The first kappa shape index (κ1) is 16.8. The molecule has 2 atom stereocenters. The molecule has 0 amide bonds. The highest BCUT2D eigenvalue weighted by Gasteiger charge is 2.21. The third kappa shape index (κ3) is 4.48. The molecule has 0 spiro atoms. The van der Waals surface area contributed by atoms with Gasteiger partial charge in [-0.3, -0.25) is 0 Å². The van der Waals surface area contributed by atoms with E-state index in [0.717, 1.165) is 25.3 Å². The van der Waals surface area contributed by atoms with Crippen molar-refractivity contribution in [2.24, 2.45) is 11.8 Å². The Hall–Kier alpha value is 0.460. The lowest BCUT2D eigenvalue weighted by Gasteiger charge is -2.21. The fourth-order valence-electron chi connectivity index (χ4n) is 3.03. The average Bonchev–Trinajstić information content (AvgIpc) is 2.59. The van der Waals surface area contributed by atoms with E-state index in [1.165, 1.54) is 37.8 Å². The molecule has 20 heavy (non-hydrogen) atoms. The SMILES string of the molecule is CC(C)C1CCCC(Nc2c(Br)cc(Br)cc2Br)CC1. The van der Waals surface area contributed by atoms with Gasteiger partial charge in [-0.05, 0) is 75.1 Å². The van der Waals surface area contributed by atoms with E-state index in [9.17, 15) is 0 Å². The summed E-state index contributed by atoms with van der Waals surface area (Å²) in [5.41, 5.74) is 1.18. The van der Waals surface area contributed by atoms with Crippen LogP contribution in [0.2, 0.25) is 0 Å². The van der Waals surface area contributed by atoms with Gasteiger partial charge in [-0.2, -0.15) is 0 Å². The fraction of sp³-hybridized carbons (Fsp3) is 0.625. The molecular formula is C16H22Br3N. The highest BCUT2D eigenvalue weighted by atomic mass is 79.9. The number of hydrogen-bond donors (Lipinski definition) is 1. The Bertz CT molecular complexity index is 436. The Kier molecular flexibility index (Phi) is 6.43. The minimum atomic E-state index is 0.590. The van der Waals surface area contributed by atoms with Gasteiger partial charge in [-0.25, -0.2) is 0 Å². The van der Waals surface area contributed by atoms with Gasteiger partial charge in [0.05, 0.1) is 5.69 Å². The van der Waals surface area contributed by atoms with Crippen LogP contribution in [0.4, 0.5) is 5.69 Å². The summed E-state index contributed by atoms with van der Waals surface area (Å²) in [6.07, 6.45) is 6.63. The van der Waals surface area contributed by atoms with E-state index in [0.29, 0.717) is 6.04 Å². The van der Waals surface area contributed by atoms with Crippen LogP contribution in [0.5, 0.6) is 0 Å². The van der Waals surface area contributed by atoms with Gasteiger partial charge in [-0.15, -0.1) is 0 Å². The quantitative estimate of drug-likeness (QED) is 0.472. The normalized spacial score (nSPS) is 23.7. The summed E-state index contributed by atoms with van der Waals surface area (Å²) in [7, 11) is 0. The summed E-state index contributed by atoms with van der Waals surface area (Å²) in [6.45, 7) is 4.72. The maximum absolute atomic E-state index is 3.73. The van der Waals surface area contributed by atoms with Crippen molar-refractivity contribution in [3.05, 3.63) is 25.6 Å². The van der Waals surface area contributed by atoms with Gasteiger partial charge < -0.3 is 5.32 Å². The number of benzene rings is 1. The summed E-state index contributed by atoms with van der Waals surface area (Å²) in [5.74, 6) is 1.72. The van der Waals surface area contributed by atoms with Crippen LogP contribution in [0.3, 0.4) is 0 Å². The van der Waals surface area contributed by atoms with Crippen LogP contribution in [-0.2, 0) is 0 Å². The van der Waals surface area contributed by atoms with Crippen LogP contribution >= 0.6 is 47.8 Å². The molecule has 2 rings (SSSR count). The van der Waals surface area contributed by atoms with E-state index in [1.807, 2.05) is 0 Å². The van der Waals surface area contributed by atoms with Gasteiger partial charge in [0.1, 0.15) is 0 Å². The zero-order valence-corrected chi connectivity index (χ0v) is 16.8. The molecule has 1 aliphatic carbocycles. The van der Waals surface area contributed by atoms with Gasteiger partial charge in [0.25, 0.3) is 0 Å². The standard InChI is InChI=1S/C16H22Br3N/c1-10(2)11-4-3-5-13(7-6-11)20-16-14(18)8-12(17)9-15(16)19/h8-11,13,20H,3-7H2,1-2H3. The third-order valence-corrected chi connectivity index (χ3v) is 6.02. The lowest BCUT2D eigenvalue weighted by atomic mass is 9.89. The summed E-state index contributed by atoms with van der Waals surface area (Å²) in [6, 6.07) is 4.79. The van der Waals surface area contributed by atoms with E-state index >= 15 is 0 Å². The number of rotatable bonds is 3. The number of nitrogens with one attached hydrogen (secondary N) is 1. The van der Waals surface area contributed by atoms with Crippen molar-refractivity contribution >= 4 is 53.5 Å². The molecule has 4 heteroatoms. The van der Waals surface area contributed by atoms with Crippen LogP contribution in [0.15, 0.2) is 25.6 Å². The van der Waals surface area contributed by atoms with Gasteiger partial charge >= 0.3 is 0 Å². The minimum Gasteiger partial charge on any atom is -0.380 e. The highest BCUT2D eigenvalue weighted by molar-refractivity contribution is 9.11. The second-order valence-electron chi connectivity index (χ2n) is 6.10. The van der Waals surface area contributed by atoms with Gasteiger partial charge in [0, 0.05) is 19.5 Å².